The summed E-state index contributed by atoms with van der Waals surface area (Å²) in [6.07, 6.45) is -0.580. The first-order chi connectivity index (χ1) is 11.9. The molecule has 25 heavy (non-hydrogen) atoms. The fraction of sp³-hybridized carbons (Fsp3) is 0.278. The zero-order valence-corrected chi connectivity index (χ0v) is 14.2. The monoisotopic (exact) mass is 345 g/mol. The molecule has 0 aromatic heterocycles. The van der Waals surface area contributed by atoms with E-state index in [4.69, 9.17) is 14.2 Å². The third-order valence-corrected chi connectivity index (χ3v) is 3.69. The van der Waals surface area contributed by atoms with Crippen LogP contribution in [0, 0.1) is 10.1 Å². The molecule has 1 atom stereocenters. The molecule has 2 aromatic rings. The summed E-state index contributed by atoms with van der Waals surface area (Å²) in [7, 11) is 3.05. The summed E-state index contributed by atoms with van der Waals surface area (Å²) < 4.78 is 15.8. The first-order valence-corrected chi connectivity index (χ1v) is 7.59. The zero-order valence-electron chi connectivity index (χ0n) is 14.2. The second-order valence-corrected chi connectivity index (χ2v) is 5.34. The highest BCUT2D eigenvalue weighted by molar-refractivity contribution is 5.74. The highest BCUT2D eigenvalue weighted by Gasteiger charge is 2.17. The van der Waals surface area contributed by atoms with Crippen LogP contribution in [0.15, 0.2) is 42.5 Å². The van der Waals surface area contributed by atoms with Crippen LogP contribution in [0.2, 0.25) is 0 Å². The second kappa shape index (κ2) is 8.14. The summed E-state index contributed by atoms with van der Waals surface area (Å²) in [6, 6.07) is 11.2. The molecule has 0 saturated heterocycles. The highest BCUT2D eigenvalue weighted by atomic mass is 16.6. The number of benzene rings is 2. The maximum absolute atomic E-state index is 12.2. The van der Waals surface area contributed by atoms with Crippen LogP contribution < -0.4 is 9.47 Å². The number of carbonyl (C=O) groups is 1. The van der Waals surface area contributed by atoms with Gasteiger partial charge in [0.2, 0.25) is 0 Å². The predicted octanol–water partition coefficient (Wildman–Crippen LogP) is 3.46. The van der Waals surface area contributed by atoms with E-state index in [9.17, 15) is 14.9 Å². The van der Waals surface area contributed by atoms with Gasteiger partial charge in [0.1, 0.15) is 17.6 Å². The first kappa shape index (κ1) is 18.3. The van der Waals surface area contributed by atoms with Gasteiger partial charge >= 0.3 is 5.97 Å². The molecule has 0 spiro atoms. The molecule has 7 heteroatoms. The van der Waals surface area contributed by atoms with Crippen LogP contribution in [0.3, 0.4) is 0 Å². The van der Waals surface area contributed by atoms with E-state index in [1.807, 2.05) is 0 Å². The van der Waals surface area contributed by atoms with Gasteiger partial charge in [-0.1, -0.05) is 18.2 Å². The summed E-state index contributed by atoms with van der Waals surface area (Å²) in [5.74, 6) is 0.695. The van der Waals surface area contributed by atoms with E-state index >= 15 is 0 Å². The summed E-state index contributed by atoms with van der Waals surface area (Å²) in [5, 5.41) is 10.8. The van der Waals surface area contributed by atoms with Crippen LogP contribution in [0.4, 0.5) is 5.69 Å². The number of nitro groups is 1. The minimum atomic E-state index is -0.600. The Bertz CT molecular complexity index is 774. The summed E-state index contributed by atoms with van der Waals surface area (Å²) >= 11 is 0. The molecule has 0 heterocycles. The van der Waals surface area contributed by atoms with Crippen molar-refractivity contribution in [1.29, 1.82) is 0 Å². The number of ether oxygens (including phenoxy) is 3. The lowest BCUT2D eigenvalue weighted by Gasteiger charge is -2.15. The average Bonchev–Trinajstić information content (AvgIpc) is 2.61. The van der Waals surface area contributed by atoms with Crippen molar-refractivity contribution in [1.82, 2.24) is 0 Å². The van der Waals surface area contributed by atoms with Gasteiger partial charge in [0, 0.05) is 23.8 Å². The van der Waals surface area contributed by atoms with Gasteiger partial charge in [-0.2, -0.15) is 0 Å². The molecule has 0 aliphatic carbocycles. The Morgan fingerprint density at radius 3 is 2.56 bits per heavy atom. The molecule has 0 N–H and O–H groups in total. The minimum absolute atomic E-state index is 0.0203. The van der Waals surface area contributed by atoms with Crippen molar-refractivity contribution < 1.29 is 23.9 Å². The van der Waals surface area contributed by atoms with Crippen LogP contribution in [-0.2, 0) is 16.0 Å². The smallest absolute Gasteiger partial charge is 0.311 e. The molecule has 0 fully saturated rings. The van der Waals surface area contributed by atoms with Gasteiger partial charge in [0.25, 0.3) is 5.69 Å². The van der Waals surface area contributed by atoms with Gasteiger partial charge in [-0.15, -0.1) is 0 Å². The number of carbonyl (C=O) groups excluding carboxylic acids is 1. The summed E-state index contributed by atoms with van der Waals surface area (Å²) in [6.45, 7) is 1.67. The van der Waals surface area contributed by atoms with Crippen LogP contribution in [0.25, 0.3) is 0 Å². The lowest BCUT2D eigenvalue weighted by Crippen LogP contribution is -2.12. The zero-order chi connectivity index (χ0) is 18.4. The van der Waals surface area contributed by atoms with Gasteiger partial charge < -0.3 is 14.2 Å². The van der Waals surface area contributed by atoms with Gasteiger partial charge in [0.05, 0.1) is 25.6 Å². The standard InChI is InChI=1S/C18H19NO6/c1-12(13-5-4-6-15(9-13)19(21)22)25-18(20)10-14-7-8-16(23-2)11-17(14)24-3/h4-9,11-12H,10H2,1-3H3. The van der Waals surface area contributed by atoms with Gasteiger partial charge in [-0.05, 0) is 18.6 Å². The number of methoxy groups -OCH3 is 2. The van der Waals surface area contributed by atoms with Crippen molar-refractivity contribution in [3.63, 3.8) is 0 Å². The maximum atomic E-state index is 12.2. The normalized spacial score (nSPS) is 11.5. The number of hydrogen-bond acceptors (Lipinski definition) is 6. The quantitative estimate of drug-likeness (QED) is 0.434. The number of hydrogen-bond donors (Lipinski definition) is 0. The van der Waals surface area contributed by atoms with E-state index < -0.39 is 17.0 Å². The van der Waals surface area contributed by atoms with Crippen molar-refractivity contribution in [3.8, 4) is 11.5 Å². The molecular weight excluding hydrogens is 326 g/mol. The number of rotatable bonds is 7. The summed E-state index contributed by atoms with van der Waals surface area (Å²) in [5.41, 5.74) is 1.18. The van der Waals surface area contributed by atoms with Gasteiger partial charge in [-0.25, -0.2) is 0 Å². The highest BCUT2D eigenvalue weighted by Crippen LogP contribution is 2.26. The summed E-state index contributed by atoms with van der Waals surface area (Å²) in [4.78, 5) is 22.5. The molecule has 2 rings (SSSR count). The molecule has 1 unspecified atom stereocenters. The topological polar surface area (TPSA) is 87.9 Å². The predicted molar refractivity (Wildman–Crippen MR) is 90.9 cm³/mol. The van der Waals surface area contributed by atoms with E-state index in [0.29, 0.717) is 22.6 Å². The molecule has 0 bridgehead atoms. The molecule has 0 saturated carbocycles. The Morgan fingerprint density at radius 2 is 1.92 bits per heavy atom. The molecule has 0 aliphatic rings. The van der Waals surface area contributed by atoms with Crippen molar-refractivity contribution in [2.45, 2.75) is 19.4 Å². The number of nitro benzene ring substituents is 1. The van der Waals surface area contributed by atoms with E-state index in [1.54, 1.807) is 44.4 Å². The molecule has 0 amide bonds. The van der Waals surface area contributed by atoms with Crippen LogP contribution in [0.5, 0.6) is 11.5 Å². The van der Waals surface area contributed by atoms with Crippen molar-refractivity contribution in [2.75, 3.05) is 14.2 Å². The maximum Gasteiger partial charge on any atom is 0.311 e. The van der Waals surface area contributed by atoms with E-state index in [0.717, 1.165) is 0 Å². The number of esters is 1. The van der Waals surface area contributed by atoms with E-state index in [1.165, 1.54) is 19.2 Å². The van der Waals surface area contributed by atoms with Crippen LogP contribution in [-0.4, -0.2) is 25.1 Å². The molecule has 0 aliphatic heterocycles. The molecule has 0 radical (unpaired) electrons. The Labute approximate surface area is 145 Å². The minimum Gasteiger partial charge on any atom is -0.497 e. The van der Waals surface area contributed by atoms with Crippen LogP contribution >= 0.6 is 0 Å². The molecule has 132 valence electrons. The lowest BCUT2D eigenvalue weighted by molar-refractivity contribution is -0.385. The van der Waals surface area contributed by atoms with E-state index in [-0.39, 0.29) is 12.1 Å². The fourth-order valence-corrected chi connectivity index (χ4v) is 2.35. The SMILES string of the molecule is COc1ccc(CC(=O)OC(C)c2cccc([N+](=O)[O-])c2)c(OC)c1. The molecule has 7 nitrogen and oxygen atoms in total. The largest absolute Gasteiger partial charge is 0.497 e. The average molecular weight is 345 g/mol. The Balaban J connectivity index is 2.07. The molecular formula is C18H19NO6. The third kappa shape index (κ3) is 4.69. The first-order valence-electron chi connectivity index (χ1n) is 7.59. The Hall–Kier alpha value is -3.09. The lowest BCUT2D eigenvalue weighted by atomic mass is 10.1. The van der Waals surface area contributed by atoms with Crippen molar-refractivity contribution in [3.05, 3.63) is 63.7 Å². The number of non-ortho nitro benzene ring substituents is 1. The van der Waals surface area contributed by atoms with Gasteiger partial charge in [0.15, 0.2) is 0 Å². The van der Waals surface area contributed by atoms with E-state index in [2.05, 4.69) is 0 Å². The molecule has 2 aromatic carbocycles. The number of nitrogens with zero attached hydrogens (tertiary/aromatic N) is 1. The van der Waals surface area contributed by atoms with Crippen molar-refractivity contribution in [2.24, 2.45) is 0 Å². The Morgan fingerprint density at radius 1 is 1.16 bits per heavy atom. The Kier molecular flexibility index (Phi) is 5.94. The fourth-order valence-electron chi connectivity index (χ4n) is 2.35. The van der Waals surface area contributed by atoms with Gasteiger partial charge in [-0.3, -0.25) is 14.9 Å². The second-order valence-electron chi connectivity index (χ2n) is 5.34. The van der Waals surface area contributed by atoms with Crippen LogP contribution in [0.1, 0.15) is 24.2 Å². The third-order valence-electron chi connectivity index (χ3n) is 3.69. The van der Waals surface area contributed by atoms with Crippen molar-refractivity contribution >= 4 is 11.7 Å².